The maximum Gasteiger partial charge on any atom is 0.0725 e. The minimum absolute atomic E-state index is 0.154. The number of nitrogens with two attached hydrogens (primary N) is 1. The number of H-pyrrole nitrogens is 2. The molecule has 0 aliphatic rings. The highest BCUT2D eigenvalue weighted by atomic mass is 14.8. The van der Waals surface area contributed by atoms with Crippen LogP contribution in [0.15, 0.2) is 60.8 Å². The van der Waals surface area contributed by atoms with Gasteiger partial charge in [0.15, 0.2) is 0 Å². The third-order valence-electron chi connectivity index (χ3n) is 3.84. The van der Waals surface area contributed by atoms with E-state index in [0.717, 1.165) is 22.3 Å². The van der Waals surface area contributed by atoms with E-state index in [1.165, 1.54) is 10.8 Å². The zero-order chi connectivity index (χ0) is 13.5. The van der Waals surface area contributed by atoms with E-state index in [-0.39, 0.29) is 6.04 Å². The van der Waals surface area contributed by atoms with Crippen molar-refractivity contribution in [3.63, 3.8) is 0 Å². The summed E-state index contributed by atoms with van der Waals surface area (Å²) in [5, 5.41) is 2.37. The Morgan fingerprint density at radius 2 is 1.65 bits per heavy atom. The van der Waals surface area contributed by atoms with Gasteiger partial charge >= 0.3 is 0 Å². The molecule has 4 rings (SSSR count). The van der Waals surface area contributed by atoms with Crippen LogP contribution in [0.25, 0.3) is 21.8 Å². The fourth-order valence-corrected chi connectivity index (χ4v) is 2.78. The first-order valence-corrected chi connectivity index (χ1v) is 6.72. The zero-order valence-electron chi connectivity index (χ0n) is 10.9. The summed E-state index contributed by atoms with van der Waals surface area (Å²) in [6, 6.07) is 18.4. The van der Waals surface area contributed by atoms with Crippen LogP contribution in [0, 0.1) is 0 Å². The quantitative estimate of drug-likeness (QED) is 0.506. The Labute approximate surface area is 116 Å². The van der Waals surface area contributed by atoms with Crippen molar-refractivity contribution >= 4 is 21.8 Å². The maximum absolute atomic E-state index is 6.44. The molecule has 0 bridgehead atoms. The van der Waals surface area contributed by atoms with Crippen molar-refractivity contribution in [1.29, 1.82) is 0 Å². The van der Waals surface area contributed by atoms with E-state index in [1.54, 1.807) is 0 Å². The molecular weight excluding hydrogens is 246 g/mol. The molecule has 1 atom stereocenters. The summed E-state index contributed by atoms with van der Waals surface area (Å²) in [6.07, 6.45) is 2.00. The van der Waals surface area contributed by atoms with Crippen molar-refractivity contribution in [2.24, 2.45) is 5.73 Å². The Kier molecular flexibility index (Phi) is 2.41. The lowest BCUT2D eigenvalue weighted by Gasteiger charge is -2.08. The van der Waals surface area contributed by atoms with Crippen LogP contribution in [-0.2, 0) is 0 Å². The second-order valence-electron chi connectivity index (χ2n) is 5.08. The first-order chi connectivity index (χ1) is 9.83. The Bertz CT molecular complexity index is 852. The van der Waals surface area contributed by atoms with Crippen molar-refractivity contribution in [3.05, 3.63) is 72.1 Å². The topological polar surface area (TPSA) is 57.6 Å². The minimum atomic E-state index is -0.154. The van der Waals surface area contributed by atoms with E-state index < -0.39 is 0 Å². The second-order valence-corrected chi connectivity index (χ2v) is 5.08. The fourth-order valence-electron chi connectivity index (χ4n) is 2.78. The largest absolute Gasteiger partial charge is 0.361 e. The predicted octanol–water partition coefficient (Wildman–Crippen LogP) is 3.70. The highest BCUT2D eigenvalue weighted by molar-refractivity contribution is 5.85. The van der Waals surface area contributed by atoms with Crippen molar-refractivity contribution in [2.75, 3.05) is 0 Å². The average Bonchev–Trinajstić information content (AvgIpc) is 3.10. The van der Waals surface area contributed by atoms with Crippen molar-refractivity contribution in [2.45, 2.75) is 6.04 Å². The Balaban J connectivity index is 1.85. The first-order valence-electron chi connectivity index (χ1n) is 6.72. The van der Waals surface area contributed by atoms with Gasteiger partial charge in [-0.3, -0.25) is 0 Å². The minimum Gasteiger partial charge on any atom is -0.361 e. The monoisotopic (exact) mass is 261 g/mol. The van der Waals surface area contributed by atoms with Crippen LogP contribution in [0.2, 0.25) is 0 Å². The summed E-state index contributed by atoms with van der Waals surface area (Å²) in [4.78, 5) is 6.69. The summed E-state index contributed by atoms with van der Waals surface area (Å²) < 4.78 is 0. The van der Waals surface area contributed by atoms with Gasteiger partial charge in [-0.15, -0.1) is 0 Å². The number of fused-ring (bicyclic) bond motifs is 2. The van der Waals surface area contributed by atoms with E-state index in [2.05, 4.69) is 40.3 Å². The molecule has 2 aromatic carbocycles. The Hall–Kier alpha value is -2.52. The number of hydrogen-bond donors (Lipinski definition) is 3. The van der Waals surface area contributed by atoms with Crippen molar-refractivity contribution in [1.82, 2.24) is 9.97 Å². The molecule has 20 heavy (non-hydrogen) atoms. The van der Waals surface area contributed by atoms with E-state index in [1.807, 2.05) is 30.5 Å². The molecule has 2 aromatic heterocycles. The smallest absolute Gasteiger partial charge is 0.0725 e. The van der Waals surface area contributed by atoms with Crippen molar-refractivity contribution in [3.8, 4) is 0 Å². The van der Waals surface area contributed by atoms with Gasteiger partial charge < -0.3 is 15.7 Å². The van der Waals surface area contributed by atoms with Gasteiger partial charge in [0, 0.05) is 33.9 Å². The molecule has 0 fully saturated rings. The van der Waals surface area contributed by atoms with Gasteiger partial charge in [-0.05, 0) is 23.6 Å². The van der Waals surface area contributed by atoms with E-state index in [4.69, 9.17) is 5.73 Å². The fraction of sp³-hybridized carbons (Fsp3) is 0.0588. The first kappa shape index (κ1) is 11.3. The number of nitrogens with one attached hydrogen (secondary N) is 2. The number of aromatic amines is 2. The number of rotatable bonds is 2. The molecule has 0 radical (unpaired) electrons. The van der Waals surface area contributed by atoms with Gasteiger partial charge in [0.2, 0.25) is 0 Å². The van der Waals surface area contributed by atoms with Crippen molar-refractivity contribution < 1.29 is 0 Å². The molecule has 0 amide bonds. The second kappa shape index (κ2) is 4.25. The zero-order valence-corrected chi connectivity index (χ0v) is 10.9. The maximum atomic E-state index is 6.44. The molecule has 4 aromatic rings. The van der Waals surface area contributed by atoms with E-state index in [0.29, 0.717) is 0 Å². The molecule has 2 heterocycles. The van der Waals surface area contributed by atoms with Gasteiger partial charge in [-0.25, -0.2) is 0 Å². The normalized spacial score (nSPS) is 13.1. The van der Waals surface area contributed by atoms with Crippen LogP contribution in [0.4, 0.5) is 0 Å². The number of aromatic nitrogens is 2. The number of para-hydroxylation sites is 2. The molecule has 3 nitrogen and oxygen atoms in total. The third-order valence-corrected chi connectivity index (χ3v) is 3.84. The Morgan fingerprint density at radius 1 is 0.900 bits per heavy atom. The number of benzene rings is 2. The van der Waals surface area contributed by atoms with E-state index >= 15 is 0 Å². The molecule has 0 saturated heterocycles. The average molecular weight is 261 g/mol. The van der Waals surface area contributed by atoms with Gasteiger partial charge in [0.05, 0.1) is 6.04 Å². The van der Waals surface area contributed by atoms with E-state index in [9.17, 15) is 0 Å². The van der Waals surface area contributed by atoms with Crippen LogP contribution in [0.1, 0.15) is 17.3 Å². The third kappa shape index (κ3) is 1.64. The van der Waals surface area contributed by atoms with Gasteiger partial charge in [0.1, 0.15) is 0 Å². The highest BCUT2D eigenvalue weighted by Gasteiger charge is 2.15. The van der Waals surface area contributed by atoms with Crippen LogP contribution >= 0.6 is 0 Å². The standard InChI is InChI=1S/C17H15N3/c18-17(13-10-19-15-8-4-2-6-12(13)15)16-9-11-5-1-3-7-14(11)20-16/h1-10,17,19-20H,18H2. The molecule has 0 aliphatic heterocycles. The molecule has 0 aliphatic carbocycles. The molecule has 0 saturated carbocycles. The van der Waals surface area contributed by atoms with Gasteiger partial charge in [-0.1, -0.05) is 36.4 Å². The van der Waals surface area contributed by atoms with Crippen LogP contribution in [0.5, 0.6) is 0 Å². The molecule has 0 spiro atoms. The highest BCUT2D eigenvalue weighted by Crippen LogP contribution is 2.28. The van der Waals surface area contributed by atoms with Gasteiger partial charge in [0.25, 0.3) is 0 Å². The molecule has 98 valence electrons. The summed E-state index contributed by atoms with van der Waals surface area (Å²) in [7, 11) is 0. The Morgan fingerprint density at radius 3 is 2.50 bits per heavy atom. The molecular formula is C17H15N3. The SMILES string of the molecule is NC(c1cc2ccccc2[nH]1)c1c[nH]c2ccccc12. The summed E-state index contributed by atoms with van der Waals surface area (Å²) in [5.74, 6) is 0. The lowest BCUT2D eigenvalue weighted by atomic mass is 10.0. The van der Waals surface area contributed by atoms with Crippen LogP contribution in [-0.4, -0.2) is 9.97 Å². The van der Waals surface area contributed by atoms with Crippen LogP contribution < -0.4 is 5.73 Å². The summed E-state index contributed by atoms with van der Waals surface area (Å²) >= 11 is 0. The lowest BCUT2D eigenvalue weighted by molar-refractivity contribution is 0.850. The number of hydrogen-bond acceptors (Lipinski definition) is 1. The lowest BCUT2D eigenvalue weighted by Crippen LogP contribution is -2.11. The molecule has 4 N–H and O–H groups in total. The summed E-state index contributed by atoms with van der Waals surface area (Å²) in [5.41, 5.74) is 10.8. The van der Waals surface area contributed by atoms with Crippen LogP contribution in [0.3, 0.4) is 0 Å². The van der Waals surface area contributed by atoms with Gasteiger partial charge in [-0.2, -0.15) is 0 Å². The molecule has 3 heteroatoms. The molecule has 1 unspecified atom stereocenters. The summed E-state index contributed by atoms with van der Waals surface area (Å²) in [6.45, 7) is 0. The predicted molar refractivity (Wildman–Crippen MR) is 82.6 cm³/mol.